The van der Waals surface area contributed by atoms with Crippen molar-refractivity contribution < 1.29 is 32.6 Å². The summed E-state index contributed by atoms with van der Waals surface area (Å²) in [4.78, 5) is 30.2. The third-order valence-electron chi connectivity index (χ3n) is 3.69. The van der Waals surface area contributed by atoms with Crippen molar-refractivity contribution in [3.63, 3.8) is 0 Å². The molecule has 0 unspecified atom stereocenters. The lowest BCUT2D eigenvalue weighted by molar-refractivity contribution is -0.143. The van der Waals surface area contributed by atoms with Crippen molar-refractivity contribution in [1.82, 2.24) is 9.88 Å². The second-order valence-electron chi connectivity index (χ2n) is 6.88. The van der Waals surface area contributed by atoms with E-state index in [4.69, 9.17) is 4.74 Å². The Hall–Kier alpha value is -2.52. The molecule has 0 saturated carbocycles. The Bertz CT molecular complexity index is 671. The second-order valence-corrected chi connectivity index (χ2v) is 6.88. The lowest BCUT2D eigenvalue weighted by atomic mass is 10.1. The van der Waals surface area contributed by atoms with E-state index in [9.17, 15) is 27.9 Å². The first-order valence-corrected chi connectivity index (χ1v) is 7.89. The Labute approximate surface area is 148 Å². The van der Waals surface area contributed by atoms with Crippen LogP contribution in [0.15, 0.2) is 18.3 Å². The number of carbonyl (C=O) groups is 2. The molecule has 1 saturated heterocycles. The number of amides is 1. The van der Waals surface area contributed by atoms with Crippen LogP contribution in [0.5, 0.6) is 0 Å². The smallest absolute Gasteiger partial charge is 0.417 e. The van der Waals surface area contributed by atoms with Crippen LogP contribution in [0, 0.1) is 0 Å². The van der Waals surface area contributed by atoms with Crippen LogP contribution < -0.4 is 4.90 Å². The highest BCUT2D eigenvalue weighted by Gasteiger charge is 2.38. The van der Waals surface area contributed by atoms with Gasteiger partial charge in [-0.25, -0.2) is 14.6 Å². The summed E-state index contributed by atoms with van der Waals surface area (Å²) in [7, 11) is 0. The van der Waals surface area contributed by atoms with Gasteiger partial charge in [0.1, 0.15) is 17.5 Å². The highest BCUT2D eigenvalue weighted by molar-refractivity contribution is 5.81. The average molecular weight is 375 g/mol. The number of carboxylic acids is 1. The van der Waals surface area contributed by atoms with Crippen LogP contribution in [0.1, 0.15) is 26.3 Å². The van der Waals surface area contributed by atoms with Gasteiger partial charge >= 0.3 is 18.2 Å². The highest BCUT2D eigenvalue weighted by atomic mass is 19.4. The minimum atomic E-state index is -4.50. The molecular weight excluding hydrogens is 355 g/mol. The summed E-state index contributed by atoms with van der Waals surface area (Å²) in [5.74, 6) is -1.01. The summed E-state index contributed by atoms with van der Waals surface area (Å²) >= 11 is 0. The lowest BCUT2D eigenvalue weighted by Gasteiger charge is -2.40. The quantitative estimate of drug-likeness (QED) is 0.856. The van der Waals surface area contributed by atoms with Crippen LogP contribution >= 0.6 is 0 Å². The number of nitrogens with zero attached hydrogens (tertiary/aromatic N) is 3. The molecule has 0 aliphatic carbocycles. The molecular formula is C16H20F3N3O4. The monoisotopic (exact) mass is 375 g/mol. The fourth-order valence-corrected chi connectivity index (χ4v) is 2.48. The maximum atomic E-state index is 12.6. The summed E-state index contributed by atoms with van der Waals surface area (Å²) in [6.07, 6.45) is -4.54. The Balaban J connectivity index is 2.14. The topological polar surface area (TPSA) is 83.0 Å². The number of ether oxygens (including phenoxy) is 1. The van der Waals surface area contributed by atoms with Crippen molar-refractivity contribution in [1.29, 1.82) is 0 Å². The molecule has 0 spiro atoms. The van der Waals surface area contributed by atoms with Gasteiger partial charge in [0.05, 0.1) is 12.1 Å². The first-order chi connectivity index (χ1) is 11.9. The van der Waals surface area contributed by atoms with Gasteiger partial charge in [-0.15, -0.1) is 0 Å². The zero-order chi connectivity index (χ0) is 19.7. The molecule has 7 nitrogen and oxygen atoms in total. The molecule has 1 aromatic heterocycles. The zero-order valence-corrected chi connectivity index (χ0v) is 14.6. The van der Waals surface area contributed by atoms with E-state index in [1.165, 1.54) is 11.0 Å². The minimum Gasteiger partial charge on any atom is -0.480 e. The van der Waals surface area contributed by atoms with Crippen molar-refractivity contribution >= 4 is 17.9 Å². The number of rotatable bonds is 2. The van der Waals surface area contributed by atoms with Crippen molar-refractivity contribution in [2.45, 2.75) is 38.6 Å². The number of halogens is 3. The van der Waals surface area contributed by atoms with E-state index in [1.807, 2.05) is 0 Å². The summed E-state index contributed by atoms with van der Waals surface area (Å²) in [6, 6.07) is 0.881. The maximum absolute atomic E-state index is 12.6. The number of anilines is 1. The summed E-state index contributed by atoms with van der Waals surface area (Å²) in [5, 5.41) is 9.43. The lowest BCUT2D eigenvalue weighted by Crippen LogP contribution is -2.59. The van der Waals surface area contributed by atoms with E-state index in [0.717, 1.165) is 11.0 Å². The summed E-state index contributed by atoms with van der Waals surface area (Å²) < 4.78 is 43.1. The first kappa shape index (κ1) is 19.8. The second kappa shape index (κ2) is 7.00. The molecule has 1 aliphatic rings. The van der Waals surface area contributed by atoms with Crippen LogP contribution in [-0.4, -0.2) is 58.3 Å². The molecule has 1 atom stereocenters. The molecule has 1 aromatic rings. The van der Waals surface area contributed by atoms with Gasteiger partial charge < -0.3 is 14.7 Å². The Morgan fingerprint density at radius 3 is 2.35 bits per heavy atom. The fraction of sp³-hybridized carbons (Fsp3) is 0.562. The number of alkyl halides is 3. The van der Waals surface area contributed by atoms with Gasteiger partial charge in [0.25, 0.3) is 0 Å². The molecule has 0 aromatic carbocycles. The molecule has 26 heavy (non-hydrogen) atoms. The van der Waals surface area contributed by atoms with Gasteiger partial charge in [-0.2, -0.15) is 13.2 Å². The van der Waals surface area contributed by atoms with Crippen LogP contribution in [0.2, 0.25) is 0 Å². The van der Waals surface area contributed by atoms with Gasteiger partial charge in [0, 0.05) is 19.3 Å². The van der Waals surface area contributed by atoms with Crippen molar-refractivity contribution in [3.05, 3.63) is 23.9 Å². The Morgan fingerprint density at radius 1 is 1.23 bits per heavy atom. The van der Waals surface area contributed by atoms with Gasteiger partial charge in [-0.1, -0.05) is 0 Å². The fourth-order valence-electron chi connectivity index (χ4n) is 2.48. The normalized spacial score (nSPS) is 18.6. The first-order valence-electron chi connectivity index (χ1n) is 7.89. The van der Waals surface area contributed by atoms with E-state index < -0.39 is 35.4 Å². The van der Waals surface area contributed by atoms with Gasteiger partial charge in [-0.05, 0) is 32.9 Å². The van der Waals surface area contributed by atoms with Crippen LogP contribution in [0.3, 0.4) is 0 Å². The standard InChI is InChI=1S/C16H20F3N3O4/c1-15(2,3)26-14(25)22-7-6-21(9-11(22)13(23)24)12-5-4-10(8-20-12)16(17,18)19/h4-5,8,11H,6-7,9H2,1-3H3,(H,23,24)/t11-/m0/s1. The zero-order valence-electron chi connectivity index (χ0n) is 14.6. The molecule has 1 aliphatic heterocycles. The van der Waals surface area contributed by atoms with Crippen molar-refractivity contribution in [3.8, 4) is 0 Å². The highest BCUT2D eigenvalue weighted by Crippen LogP contribution is 2.29. The number of aliphatic carboxylic acids is 1. The van der Waals surface area contributed by atoms with Crippen LogP contribution in [0.25, 0.3) is 0 Å². The van der Waals surface area contributed by atoms with Gasteiger partial charge in [0.2, 0.25) is 0 Å². The molecule has 2 heterocycles. The number of pyridine rings is 1. The van der Waals surface area contributed by atoms with Gasteiger partial charge in [0.15, 0.2) is 0 Å². The number of piperazine rings is 1. The molecule has 1 amide bonds. The average Bonchev–Trinajstić information content (AvgIpc) is 2.52. The largest absolute Gasteiger partial charge is 0.480 e. The molecule has 10 heteroatoms. The van der Waals surface area contributed by atoms with E-state index in [-0.39, 0.29) is 25.5 Å². The van der Waals surface area contributed by atoms with E-state index in [2.05, 4.69) is 4.98 Å². The van der Waals surface area contributed by atoms with Crippen LogP contribution in [-0.2, 0) is 15.7 Å². The maximum Gasteiger partial charge on any atom is 0.417 e. The molecule has 1 fully saturated rings. The predicted octanol–water partition coefficient (Wildman–Crippen LogP) is 2.61. The van der Waals surface area contributed by atoms with E-state index >= 15 is 0 Å². The SMILES string of the molecule is CC(C)(C)OC(=O)N1CCN(c2ccc(C(F)(F)F)cn2)C[C@H]1C(=O)O. The van der Waals surface area contributed by atoms with Crippen LogP contribution in [0.4, 0.5) is 23.8 Å². The molecule has 0 radical (unpaired) electrons. The number of hydrogen-bond donors (Lipinski definition) is 1. The predicted molar refractivity (Wildman–Crippen MR) is 85.8 cm³/mol. The minimum absolute atomic E-state index is 0.0502. The molecule has 144 valence electrons. The van der Waals surface area contributed by atoms with Crippen molar-refractivity contribution in [2.24, 2.45) is 0 Å². The Morgan fingerprint density at radius 2 is 1.88 bits per heavy atom. The third-order valence-corrected chi connectivity index (χ3v) is 3.69. The van der Waals surface area contributed by atoms with E-state index in [0.29, 0.717) is 6.20 Å². The Kier molecular flexibility index (Phi) is 5.33. The number of carbonyl (C=O) groups excluding carboxylic acids is 1. The van der Waals surface area contributed by atoms with Gasteiger partial charge in [-0.3, -0.25) is 4.90 Å². The summed E-state index contributed by atoms with van der Waals surface area (Å²) in [6.45, 7) is 5.18. The third kappa shape index (κ3) is 4.77. The molecule has 1 N–H and O–H groups in total. The molecule has 2 rings (SSSR count). The number of aromatic nitrogens is 1. The number of hydrogen-bond acceptors (Lipinski definition) is 5. The van der Waals surface area contributed by atoms with E-state index in [1.54, 1.807) is 20.8 Å². The molecule has 0 bridgehead atoms. The number of carboxylic acid groups (broad SMARTS) is 1. The van der Waals surface area contributed by atoms with Crippen molar-refractivity contribution in [2.75, 3.05) is 24.5 Å². The summed E-state index contributed by atoms with van der Waals surface area (Å²) in [5.41, 5.74) is -1.66.